The van der Waals surface area contributed by atoms with Gasteiger partial charge in [-0.05, 0) is 25.3 Å². The summed E-state index contributed by atoms with van der Waals surface area (Å²) in [4.78, 5) is 11.9. The van der Waals surface area contributed by atoms with Crippen molar-refractivity contribution in [1.29, 1.82) is 0 Å². The number of aryl methyl sites for hydroxylation is 2. The fraction of sp³-hybridized carbons (Fsp3) is 0.375. The Morgan fingerprint density at radius 2 is 2.10 bits per heavy atom. The van der Waals surface area contributed by atoms with Crippen LogP contribution in [0.5, 0.6) is 5.75 Å². The van der Waals surface area contributed by atoms with E-state index >= 15 is 0 Å². The van der Waals surface area contributed by atoms with E-state index in [-0.39, 0.29) is 11.6 Å². The summed E-state index contributed by atoms with van der Waals surface area (Å²) in [5.74, 6) is 0.469. The first-order valence-electron chi connectivity index (χ1n) is 7.14. The molecule has 0 aliphatic rings. The predicted octanol–water partition coefficient (Wildman–Crippen LogP) is 1.60. The second kappa shape index (κ2) is 7.59. The highest BCUT2D eigenvalue weighted by atomic mass is 16.5. The molecule has 0 radical (unpaired) electrons. The van der Waals surface area contributed by atoms with E-state index in [4.69, 9.17) is 10.5 Å². The molecule has 0 fully saturated rings. The number of ether oxygens (including phenoxy) is 1. The molecule has 1 heterocycles. The molecule has 5 heteroatoms. The van der Waals surface area contributed by atoms with E-state index in [1.807, 2.05) is 25.1 Å². The summed E-state index contributed by atoms with van der Waals surface area (Å²) in [5.41, 5.74) is 6.72. The van der Waals surface area contributed by atoms with Crippen LogP contribution >= 0.6 is 0 Å². The molecular weight excluding hydrogens is 266 g/mol. The van der Waals surface area contributed by atoms with E-state index in [1.54, 1.807) is 6.20 Å². The first-order chi connectivity index (χ1) is 10.1. The van der Waals surface area contributed by atoms with Crippen molar-refractivity contribution in [2.24, 2.45) is 5.73 Å². The zero-order valence-electron chi connectivity index (χ0n) is 12.2. The fourth-order valence-corrected chi connectivity index (χ4v) is 1.97. The van der Waals surface area contributed by atoms with Crippen molar-refractivity contribution >= 4 is 0 Å². The van der Waals surface area contributed by atoms with E-state index in [2.05, 4.69) is 17.2 Å². The van der Waals surface area contributed by atoms with Crippen molar-refractivity contribution < 1.29 is 4.74 Å². The highest BCUT2D eigenvalue weighted by Gasteiger charge is 2.03. The maximum atomic E-state index is 11.9. The third kappa shape index (κ3) is 5.04. The van der Waals surface area contributed by atoms with Gasteiger partial charge in [0.25, 0.3) is 5.56 Å². The summed E-state index contributed by atoms with van der Waals surface area (Å²) in [7, 11) is 0. The highest BCUT2D eigenvalue weighted by molar-refractivity contribution is 5.15. The van der Waals surface area contributed by atoms with Crippen LogP contribution in [-0.2, 0) is 13.0 Å². The largest absolute Gasteiger partial charge is 0.490 e. The van der Waals surface area contributed by atoms with Crippen LogP contribution in [0.2, 0.25) is 0 Å². The number of aromatic nitrogens is 2. The topological polar surface area (TPSA) is 70.1 Å². The van der Waals surface area contributed by atoms with Crippen molar-refractivity contribution in [3.63, 3.8) is 0 Å². The molecule has 0 saturated carbocycles. The Balaban J connectivity index is 1.87. The average molecular weight is 287 g/mol. The Kier molecular flexibility index (Phi) is 5.51. The van der Waals surface area contributed by atoms with Crippen LogP contribution in [0.25, 0.3) is 0 Å². The summed E-state index contributed by atoms with van der Waals surface area (Å²) in [6.45, 7) is 2.82. The summed E-state index contributed by atoms with van der Waals surface area (Å²) < 4.78 is 6.84. The van der Waals surface area contributed by atoms with E-state index in [0.29, 0.717) is 18.9 Å². The molecule has 2 N–H and O–H groups in total. The summed E-state index contributed by atoms with van der Waals surface area (Å²) in [6.07, 6.45) is 3.36. The van der Waals surface area contributed by atoms with Crippen LogP contribution < -0.4 is 16.0 Å². The fourth-order valence-electron chi connectivity index (χ4n) is 1.97. The molecule has 0 spiro atoms. The highest BCUT2D eigenvalue weighted by Crippen LogP contribution is 2.05. The Bertz CT molecular complexity index is 608. The molecule has 1 aromatic heterocycles. The first-order valence-corrected chi connectivity index (χ1v) is 7.14. The van der Waals surface area contributed by atoms with Gasteiger partial charge in [0.15, 0.2) is 0 Å². The minimum absolute atomic E-state index is 0.0710. The zero-order chi connectivity index (χ0) is 15.1. The second-order valence-electron chi connectivity index (χ2n) is 5.13. The Morgan fingerprint density at radius 1 is 1.33 bits per heavy atom. The quantitative estimate of drug-likeness (QED) is 0.839. The van der Waals surface area contributed by atoms with Gasteiger partial charge in [0.05, 0.1) is 6.20 Å². The van der Waals surface area contributed by atoms with Gasteiger partial charge in [0, 0.05) is 18.7 Å². The van der Waals surface area contributed by atoms with Crippen molar-refractivity contribution in [2.45, 2.75) is 32.4 Å². The molecule has 1 unspecified atom stereocenters. The van der Waals surface area contributed by atoms with Crippen molar-refractivity contribution in [2.75, 3.05) is 6.61 Å². The van der Waals surface area contributed by atoms with Gasteiger partial charge < -0.3 is 10.5 Å². The summed E-state index contributed by atoms with van der Waals surface area (Å²) >= 11 is 0. The molecule has 1 aromatic carbocycles. The lowest BCUT2D eigenvalue weighted by atomic mass is 10.1. The average Bonchev–Trinajstić information content (AvgIpc) is 2.48. The first kappa shape index (κ1) is 15.3. The van der Waals surface area contributed by atoms with Crippen LogP contribution in [0, 0.1) is 0 Å². The smallest absolute Gasteiger partial charge is 0.270 e. The van der Waals surface area contributed by atoms with Crippen molar-refractivity contribution in [3.8, 4) is 5.75 Å². The molecule has 0 saturated heterocycles. The van der Waals surface area contributed by atoms with Gasteiger partial charge in [-0.25, -0.2) is 4.68 Å². The number of hydrogen-bond acceptors (Lipinski definition) is 4. The Morgan fingerprint density at radius 3 is 2.76 bits per heavy atom. The Hall–Kier alpha value is -2.14. The summed E-state index contributed by atoms with van der Waals surface area (Å²) in [5, 5.41) is 4.13. The number of nitrogens with two attached hydrogens (primary N) is 1. The minimum atomic E-state index is -0.148. The van der Waals surface area contributed by atoms with Crippen molar-refractivity contribution in [1.82, 2.24) is 9.78 Å². The van der Waals surface area contributed by atoms with Gasteiger partial charge in [0.1, 0.15) is 12.4 Å². The molecule has 0 amide bonds. The third-order valence-corrected chi connectivity index (χ3v) is 3.04. The van der Waals surface area contributed by atoms with Gasteiger partial charge in [0.2, 0.25) is 0 Å². The van der Waals surface area contributed by atoms with E-state index in [9.17, 15) is 4.79 Å². The number of nitrogens with zero attached hydrogens (tertiary/aromatic N) is 2. The van der Waals surface area contributed by atoms with Gasteiger partial charge in [-0.2, -0.15) is 5.10 Å². The molecule has 5 nitrogen and oxygen atoms in total. The normalized spacial score (nSPS) is 12.1. The van der Waals surface area contributed by atoms with E-state index < -0.39 is 0 Å². The zero-order valence-corrected chi connectivity index (χ0v) is 12.2. The van der Waals surface area contributed by atoms with Crippen LogP contribution in [0.15, 0.2) is 47.4 Å². The lowest BCUT2D eigenvalue weighted by molar-refractivity contribution is 0.292. The summed E-state index contributed by atoms with van der Waals surface area (Å²) in [6, 6.07) is 11.6. The second-order valence-corrected chi connectivity index (χ2v) is 5.13. The molecule has 0 bridgehead atoms. The van der Waals surface area contributed by atoms with Gasteiger partial charge in [-0.1, -0.05) is 30.3 Å². The van der Waals surface area contributed by atoms with Gasteiger partial charge >= 0.3 is 0 Å². The lowest BCUT2D eigenvalue weighted by Gasteiger charge is -2.09. The molecule has 2 aromatic rings. The minimum Gasteiger partial charge on any atom is -0.490 e. The van der Waals surface area contributed by atoms with Crippen LogP contribution in [-0.4, -0.2) is 22.4 Å². The maximum absolute atomic E-state index is 11.9. The predicted molar refractivity (Wildman–Crippen MR) is 82.4 cm³/mol. The molecule has 1 atom stereocenters. The molecule has 2 rings (SSSR count). The molecule has 0 aliphatic carbocycles. The van der Waals surface area contributed by atoms with Gasteiger partial charge in [-0.3, -0.25) is 4.79 Å². The maximum Gasteiger partial charge on any atom is 0.270 e. The third-order valence-electron chi connectivity index (χ3n) is 3.04. The van der Waals surface area contributed by atoms with Crippen LogP contribution in [0.4, 0.5) is 0 Å². The van der Waals surface area contributed by atoms with Gasteiger partial charge in [-0.15, -0.1) is 0 Å². The molecule has 21 heavy (non-hydrogen) atoms. The standard InChI is InChI=1S/C16H21N3O2/c1-13(17)12-21-15-10-16(20)19(18-11-15)9-5-8-14-6-3-2-4-7-14/h2-4,6-7,10-11,13H,5,8-9,12,17H2,1H3. The molecule has 112 valence electrons. The number of benzene rings is 1. The van der Waals surface area contributed by atoms with E-state index in [0.717, 1.165) is 12.8 Å². The lowest BCUT2D eigenvalue weighted by Crippen LogP contribution is -2.26. The molecule has 0 aliphatic heterocycles. The van der Waals surface area contributed by atoms with Crippen LogP contribution in [0.3, 0.4) is 0 Å². The Labute approximate surface area is 124 Å². The van der Waals surface area contributed by atoms with Crippen LogP contribution in [0.1, 0.15) is 18.9 Å². The van der Waals surface area contributed by atoms with Crippen molar-refractivity contribution in [3.05, 3.63) is 58.5 Å². The molecular formula is C16H21N3O2. The monoisotopic (exact) mass is 287 g/mol. The van der Waals surface area contributed by atoms with E-state index in [1.165, 1.54) is 16.3 Å². The SMILES string of the molecule is CC(N)COc1cnn(CCCc2ccccc2)c(=O)c1. The number of rotatable bonds is 7. The number of hydrogen-bond donors (Lipinski definition) is 1.